The molecule has 2 aliphatic rings. The van der Waals surface area contributed by atoms with Crippen LogP contribution < -0.4 is 10.2 Å². The fraction of sp³-hybridized carbons (Fsp3) is 0.708. The Morgan fingerprint density at radius 3 is 2.25 bits per heavy atom. The second-order valence-electron chi connectivity index (χ2n) is 9.17. The van der Waals surface area contributed by atoms with E-state index in [9.17, 15) is 13.2 Å². The predicted molar refractivity (Wildman–Crippen MR) is 130 cm³/mol. The van der Waals surface area contributed by atoms with Crippen molar-refractivity contribution in [2.75, 3.05) is 50.7 Å². The summed E-state index contributed by atoms with van der Waals surface area (Å²) in [5.74, 6) is -0.218. The fourth-order valence-electron chi connectivity index (χ4n) is 4.70. The van der Waals surface area contributed by atoms with Crippen LogP contribution in [-0.2, 0) is 10.0 Å². The molecule has 2 heterocycles. The van der Waals surface area contributed by atoms with E-state index in [0.717, 1.165) is 64.0 Å². The second-order valence-corrected chi connectivity index (χ2v) is 11.1. The molecule has 2 fully saturated rings. The molecule has 0 aromatic heterocycles. The van der Waals surface area contributed by atoms with Gasteiger partial charge in [0.05, 0.1) is 5.69 Å². The molecule has 180 valence electrons. The average Bonchev–Trinajstić information content (AvgIpc) is 2.82. The van der Waals surface area contributed by atoms with Gasteiger partial charge in [-0.05, 0) is 70.7 Å². The lowest BCUT2D eigenvalue weighted by atomic mass is 10.1. The molecule has 1 N–H and O–H groups in total. The molecule has 2 saturated heterocycles. The van der Waals surface area contributed by atoms with Gasteiger partial charge in [0, 0.05) is 50.9 Å². The van der Waals surface area contributed by atoms with Crippen molar-refractivity contribution >= 4 is 21.6 Å². The maximum Gasteiger partial charge on any atom is 0.251 e. The smallest absolute Gasteiger partial charge is 0.251 e. The van der Waals surface area contributed by atoms with Crippen LogP contribution in [0, 0.1) is 0 Å². The molecule has 2 aliphatic heterocycles. The van der Waals surface area contributed by atoms with E-state index in [-0.39, 0.29) is 10.8 Å². The first-order chi connectivity index (χ1) is 15.3. The number of nitrogens with zero attached hydrogens (tertiary/aromatic N) is 3. The van der Waals surface area contributed by atoms with E-state index in [1.807, 2.05) is 6.07 Å². The molecule has 0 unspecified atom stereocenters. The summed E-state index contributed by atoms with van der Waals surface area (Å²) >= 11 is 0. The SMILES string of the molecule is CCN(CCNC(=O)c1ccc(N2CCCCC2)c(S(=O)(=O)N2CCCCC2)c1)C(C)C. The zero-order valence-corrected chi connectivity index (χ0v) is 20.8. The van der Waals surface area contributed by atoms with E-state index in [1.54, 1.807) is 16.4 Å². The molecular formula is C24H40N4O3S. The molecule has 3 rings (SSSR count). The lowest BCUT2D eigenvalue weighted by Gasteiger charge is -2.33. The maximum absolute atomic E-state index is 13.6. The summed E-state index contributed by atoms with van der Waals surface area (Å²) in [4.78, 5) is 17.6. The minimum Gasteiger partial charge on any atom is -0.370 e. The number of carbonyl (C=O) groups excluding carboxylic acids is 1. The highest BCUT2D eigenvalue weighted by Crippen LogP contribution is 2.32. The van der Waals surface area contributed by atoms with Gasteiger partial charge < -0.3 is 10.2 Å². The third-order valence-electron chi connectivity index (χ3n) is 6.67. The first-order valence-electron chi connectivity index (χ1n) is 12.3. The number of amides is 1. The number of carbonyl (C=O) groups is 1. The zero-order chi connectivity index (χ0) is 23.1. The van der Waals surface area contributed by atoms with Gasteiger partial charge in [0.1, 0.15) is 4.90 Å². The van der Waals surface area contributed by atoms with Crippen LogP contribution in [-0.4, -0.2) is 75.4 Å². The van der Waals surface area contributed by atoms with Crippen molar-refractivity contribution in [1.29, 1.82) is 0 Å². The zero-order valence-electron chi connectivity index (χ0n) is 20.0. The van der Waals surface area contributed by atoms with Gasteiger partial charge in [0.15, 0.2) is 0 Å². The summed E-state index contributed by atoms with van der Waals surface area (Å²) in [6.07, 6.45) is 6.16. The molecule has 32 heavy (non-hydrogen) atoms. The molecule has 0 aliphatic carbocycles. The third-order valence-corrected chi connectivity index (χ3v) is 8.60. The standard InChI is InChI=1S/C24H40N4O3S/c1-4-26(20(2)3)18-13-25-24(29)21-11-12-22(27-14-7-5-8-15-27)23(19-21)32(30,31)28-16-9-6-10-17-28/h11-12,19-20H,4-10,13-18H2,1-3H3,(H,25,29). The third kappa shape index (κ3) is 6.02. The van der Waals surface area contributed by atoms with Gasteiger partial charge in [-0.2, -0.15) is 4.31 Å². The first kappa shape index (κ1) is 25.0. The van der Waals surface area contributed by atoms with Crippen LogP contribution in [0.5, 0.6) is 0 Å². The van der Waals surface area contributed by atoms with E-state index >= 15 is 0 Å². The number of sulfonamides is 1. The maximum atomic E-state index is 13.6. The molecule has 0 spiro atoms. The molecule has 1 amide bonds. The van der Waals surface area contributed by atoms with Crippen LogP contribution in [0.4, 0.5) is 5.69 Å². The number of nitrogens with one attached hydrogen (secondary N) is 1. The lowest BCUT2D eigenvalue weighted by Crippen LogP contribution is -2.39. The highest BCUT2D eigenvalue weighted by atomic mass is 32.2. The number of rotatable bonds is 9. The highest BCUT2D eigenvalue weighted by molar-refractivity contribution is 7.89. The number of anilines is 1. The monoisotopic (exact) mass is 464 g/mol. The minimum atomic E-state index is -3.64. The van der Waals surface area contributed by atoms with Crippen LogP contribution in [0.3, 0.4) is 0 Å². The van der Waals surface area contributed by atoms with Gasteiger partial charge in [0.2, 0.25) is 10.0 Å². The molecule has 8 heteroatoms. The molecule has 1 aromatic rings. The Balaban J connectivity index is 1.84. The Labute approximate surface area is 194 Å². The minimum absolute atomic E-state index is 0.218. The number of hydrogen-bond donors (Lipinski definition) is 1. The quantitative estimate of drug-likeness (QED) is 0.607. The Kier molecular flexibility index (Phi) is 8.96. The molecule has 0 bridgehead atoms. The fourth-order valence-corrected chi connectivity index (χ4v) is 6.45. The largest absolute Gasteiger partial charge is 0.370 e. The van der Waals surface area contributed by atoms with Gasteiger partial charge in [-0.3, -0.25) is 9.69 Å². The van der Waals surface area contributed by atoms with Crippen LogP contribution in [0.25, 0.3) is 0 Å². The first-order valence-corrected chi connectivity index (χ1v) is 13.7. The molecule has 7 nitrogen and oxygen atoms in total. The van der Waals surface area contributed by atoms with Crippen molar-refractivity contribution in [3.8, 4) is 0 Å². The van der Waals surface area contributed by atoms with Crippen LogP contribution in [0.1, 0.15) is 69.7 Å². The van der Waals surface area contributed by atoms with Crippen molar-refractivity contribution in [1.82, 2.24) is 14.5 Å². The molecule has 0 radical (unpaired) electrons. The summed E-state index contributed by atoms with van der Waals surface area (Å²) in [7, 11) is -3.64. The van der Waals surface area contributed by atoms with Gasteiger partial charge in [0.25, 0.3) is 5.91 Å². The van der Waals surface area contributed by atoms with Crippen molar-refractivity contribution < 1.29 is 13.2 Å². The van der Waals surface area contributed by atoms with Crippen LogP contribution >= 0.6 is 0 Å². The molecule has 0 atom stereocenters. The number of hydrogen-bond acceptors (Lipinski definition) is 5. The Morgan fingerprint density at radius 1 is 1.03 bits per heavy atom. The van der Waals surface area contributed by atoms with Gasteiger partial charge >= 0.3 is 0 Å². The van der Waals surface area contributed by atoms with Crippen molar-refractivity contribution in [2.45, 2.75) is 70.2 Å². The number of piperidine rings is 2. The predicted octanol–water partition coefficient (Wildman–Crippen LogP) is 3.31. The average molecular weight is 465 g/mol. The Morgan fingerprint density at radius 2 is 1.66 bits per heavy atom. The summed E-state index contributed by atoms with van der Waals surface area (Å²) in [6.45, 7) is 11.4. The lowest BCUT2D eigenvalue weighted by molar-refractivity contribution is 0.0945. The number of likely N-dealkylation sites (N-methyl/N-ethyl adjacent to an activating group) is 1. The summed E-state index contributed by atoms with van der Waals surface area (Å²) in [6, 6.07) is 5.63. The van der Waals surface area contributed by atoms with Crippen molar-refractivity contribution in [3.05, 3.63) is 23.8 Å². The summed E-state index contributed by atoms with van der Waals surface area (Å²) in [5.41, 5.74) is 1.15. The van der Waals surface area contributed by atoms with Crippen molar-refractivity contribution in [3.63, 3.8) is 0 Å². The van der Waals surface area contributed by atoms with Crippen LogP contribution in [0.2, 0.25) is 0 Å². The van der Waals surface area contributed by atoms with E-state index in [0.29, 0.717) is 31.2 Å². The Bertz CT molecular complexity index is 860. The van der Waals surface area contributed by atoms with Crippen molar-refractivity contribution in [2.24, 2.45) is 0 Å². The number of benzene rings is 1. The van der Waals surface area contributed by atoms with E-state index in [2.05, 4.69) is 35.9 Å². The van der Waals surface area contributed by atoms with E-state index in [4.69, 9.17) is 0 Å². The normalized spacial score (nSPS) is 18.3. The Hall–Kier alpha value is -1.64. The van der Waals surface area contributed by atoms with E-state index < -0.39 is 10.0 Å². The van der Waals surface area contributed by atoms with Gasteiger partial charge in [-0.25, -0.2) is 8.42 Å². The molecule has 0 saturated carbocycles. The summed E-state index contributed by atoms with van der Waals surface area (Å²) < 4.78 is 28.8. The highest BCUT2D eigenvalue weighted by Gasteiger charge is 2.31. The summed E-state index contributed by atoms with van der Waals surface area (Å²) in [5, 5.41) is 2.97. The molecular weight excluding hydrogens is 424 g/mol. The van der Waals surface area contributed by atoms with Gasteiger partial charge in [-0.15, -0.1) is 0 Å². The van der Waals surface area contributed by atoms with Crippen LogP contribution in [0.15, 0.2) is 23.1 Å². The van der Waals surface area contributed by atoms with Gasteiger partial charge in [-0.1, -0.05) is 13.3 Å². The topological polar surface area (TPSA) is 73.0 Å². The second kappa shape index (κ2) is 11.5. The molecule has 1 aromatic carbocycles. The van der Waals surface area contributed by atoms with E-state index in [1.165, 1.54) is 6.42 Å².